The molecular weight excluding hydrogens is 350 g/mol. The van der Waals surface area contributed by atoms with E-state index in [1.807, 2.05) is 12.3 Å². The molecule has 0 bridgehead atoms. The third kappa shape index (κ3) is 3.26. The standard InChI is InChI=1S/C22H27N5O/c28-22-21-17(4-3-5-19(21)16-7-10-23-11-8-16)14-24-27(22)13-9-18-15-26-12-2-1-6-20(26)25-18/h3-5,14-16,23H,1-2,6-13H2. The molecule has 4 heterocycles. The van der Waals surface area contributed by atoms with Gasteiger partial charge < -0.3 is 9.88 Å². The van der Waals surface area contributed by atoms with Gasteiger partial charge in [0.2, 0.25) is 0 Å². The van der Waals surface area contributed by atoms with Gasteiger partial charge in [-0.05, 0) is 50.3 Å². The van der Waals surface area contributed by atoms with Crippen LogP contribution in [-0.4, -0.2) is 32.4 Å². The van der Waals surface area contributed by atoms with Crippen LogP contribution < -0.4 is 10.9 Å². The number of benzene rings is 1. The fourth-order valence-electron chi connectivity index (χ4n) is 4.70. The lowest BCUT2D eigenvalue weighted by molar-refractivity contribution is 0.462. The average molecular weight is 377 g/mol. The van der Waals surface area contributed by atoms with E-state index in [1.165, 1.54) is 24.2 Å². The molecule has 0 spiro atoms. The molecule has 0 radical (unpaired) electrons. The van der Waals surface area contributed by atoms with Crippen LogP contribution in [0.3, 0.4) is 0 Å². The van der Waals surface area contributed by atoms with Crippen molar-refractivity contribution in [1.82, 2.24) is 24.6 Å². The Bertz CT molecular complexity index is 1020. The first-order chi connectivity index (χ1) is 13.8. The lowest BCUT2D eigenvalue weighted by Gasteiger charge is -2.24. The first-order valence-electron chi connectivity index (χ1n) is 10.5. The second-order valence-electron chi connectivity index (χ2n) is 8.06. The molecule has 0 saturated carbocycles. The van der Waals surface area contributed by atoms with Crippen LogP contribution in [-0.2, 0) is 25.9 Å². The molecule has 28 heavy (non-hydrogen) atoms. The number of hydrogen-bond acceptors (Lipinski definition) is 4. The van der Waals surface area contributed by atoms with E-state index < -0.39 is 0 Å². The Morgan fingerprint density at radius 3 is 2.93 bits per heavy atom. The van der Waals surface area contributed by atoms with Crippen LogP contribution in [0.2, 0.25) is 0 Å². The highest BCUT2D eigenvalue weighted by atomic mass is 16.1. The summed E-state index contributed by atoms with van der Waals surface area (Å²) in [7, 11) is 0. The summed E-state index contributed by atoms with van der Waals surface area (Å²) in [5.41, 5.74) is 2.30. The van der Waals surface area contributed by atoms with Gasteiger partial charge in [0.05, 0.1) is 23.8 Å². The van der Waals surface area contributed by atoms with E-state index in [1.54, 1.807) is 4.68 Å². The summed E-state index contributed by atoms with van der Waals surface area (Å²) in [4.78, 5) is 18.0. The van der Waals surface area contributed by atoms with E-state index in [0.29, 0.717) is 12.5 Å². The minimum Gasteiger partial charge on any atom is -0.335 e. The van der Waals surface area contributed by atoms with Crippen molar-refractivity contribution in [3.05, 3.63) is 58.0 Å². The van der Waals surface area contributed by atoms with Gasteiger partial charge in [0.1, 0.15) is 5.82 Å². The Hall–Kier alpha value is -2.47. The Morgan fingerprint density at radius 2 is 2.07 bits per heavy atom. The number of nitrogens with one attached hydrogen (secondary N) is 1. The smallest absolute Gasteiger partial charge is 0.274 e. The van der Waals surface area contributed by atoms with E-state index in [9.17, 15) is 4.79 Å². The molecule has 1 aromatic carbocycles. The fraction of sp³-hybridized carbons (Fsp3) is 0.500. The van der Waals surface area contributed by atoms with Crippen LogP contribution in [0, 0.1) is 0 Å². The van der Waals surface area contributed by atoms with Crippen LogP contribution in [0.5, 0.6) is 0 Å². The van der Waals surface area contributed by atoms with Crippen molar-refractivity contribution in [3.63, 3.8) is 0 Å². The number of aromatic nitrogens is 4. The Kier molecular flexibility index (Phi) is 4.72. The summed E-state index contributed by atoms with van der Waals surface area (Å²) < 4.78 is 3.90. The lowest BCUT2D eigenvalue weighted by Crippen LogP contribution is -2.29. The number of nitrogens with zero attached hydrogens (tertiary/aromatic N) is 4. The van der Waals surface area contributed by atoms with Gasteiger partial charge in [0, 0.05) is 31.0 Å². The van der Waals surface area contributed by atoms with Crippen LogP contribution in [0.25, 0.3) is 10.8 Å². The normalized spacial score (nSPS) is 17.7. The number of rotatable bonds is 4. The van der Waals surface area contributed by atoms with Gasteiger partial charge in [-0.15, -0.1) is 0 Å². The van der Waals surface area contributed by atoms with Crippen LogP contribution >= 0.6 is 0 Å². The number of piperidine rings is 1. The molecule has 1 fully saturated rings. The molecule has 2 aliphatic heterocycles. The van der Waals surface area contributed by atoms with Gasteiger partial charge in [-0.2, -0.15) is 5.10 Å². The van der Waals surface area contributed by atoms with Crippen molar-refractivity contribution in [2.24, 2.45) is 0 Å². The highest BCUT2D eigenvalue weighted by molar-refractivity contribution is 5.84. The topological polar surface area (TPSA) is 64.7 Å². The molecule has 2 aliphatic rings. The van der Waals surface area contributed by atoms with Gasteiger partial charge in [-0.3, -0.25) is 4.79 Å². The molecule has 146 valence electrons. The van der Waals surface area contributed by atoms with Gasteiger partial charge in [0.25, 0.3) is 5.56 Å². The van der Waals surface area contributed by atoms with Crippen molar-refractivity contribution in [2.75, 3.05) is 13.1 Å². The number of imidazole rings is 1. The molecule has 0 aliphatic carbocycles. The lowest BCUT2D eigenvalue weighted by atomic mass is 9.87. The van der Waals surface area contributed by atoms with Crippen molar-refractivity contribution < 1.29 is 0 Å². The molecule has 3 aromatic rings. The largest absolute Gasteiger partial charge is 0.335 e. The predicted molar refractivity (Wildman–Crippen MR) is 110 cm³/mol. The maximum absolute atomic E-state index is 13.3. The molecule has 1 saturated heterocycles. The predicted octanol–water partition coefficient (Wildman–Crippen LogP) is 2.64. The third-order valence-corrected chi connectivity index (χ3v) is 6.23. The summed E-state index contributed by atoms with van der Waals surface area (Å²) in [5.74, 6) is 1.64. The monoisotopic (exact) mass is 377 g/mol. The number of hydrogen-bond donors (Lipinski definition) is 1. The highest BCUT2D eigenvalue weighted by Crippen LogP contribution is 2.29. The Morgan fingerprint density at radius 1 is 1.18 bits per heavy atom. The molecule has 5 rings (SSSR count). The van der Waals surface area contributed by atoms with Crippen molar-refractivity contribution in [3.8, 4) is 0 Å². The molecule has 1 N–H and O–H groups in total. The average Bonchev–Trinajstić information content (AvgIpc) is 3.16. The molecule has 0 atom stereocenters. The van der Waals surface area contributed by atoms with E-state index in [-0.39, 0.29) is 5.56 Å². The zero-order chi connectivity index (χ0) is 18.9. The van der Waals surface area contributed by atoms with Gasteiger partial charge in [0.15, 0.2) is 0 Å². The van der Waals surface area contributed by atoms with E-state index >= 15 is 0 Å². The quantitative estimate of drug-likeness (QED) is 0.759. The first kappa shape index (κ1) is 17.6. The third-order valence-electron chi connectivity index (χ3n) is 6.23. The van der Waals surface area contributed by atoms with Gasteiger partial charge in [-0.1, -0.05) is 18.2 Å². The second kappa shape index (κ2) is 7.51. The molecule has 6 nitrogen and oxygen atoms in total. The van der Waals surface area contributed by atoms with Crippen molar-refractivity contribution in [2.45, 2.75) is 57.5 Å². The van der Waals surface area contributed by atoms with E-state index in [2.05, 4.69) is 33.3 Å². The highest BCUT2D eigenvalue weighted by Gasteiger charge is 2.20. The first-order valence-corrected chi connectivity index (χ1v) is 10.5. The zero-order valence-electron chi connectivity index (χ0n) is 16.2. The second-order valence-corrected chi connectivity index (χ2v) is 8.06. The van der Waals surface area contributed by atoms with Gasteiger partial charge >= 0.3 is 0 Å². The number of aryl methyl sites for hydroxylation is 4. The molecular formula is C22H27N5O. The maximum atomic E-state index is 13.3. The van der Waals surface area contributed by atoms with Crippen LogP contribution in [0.1, 0.15) is 48.7 Å². The zero-order valence-corrected chi connectivity index (χ0v) is 16.2. The van der Waals surface area contributed by atoms with Gasteiger partial charge in [-0.25, -0.2) is 9.67 Å². The van der Waals surface area contributed by atoms with Crippen molar-refractivity contribution >= 4 is 10.8 Å². The minimum atomic E-state index is 0.0376. The SMILES string of the molecule is O=c1c2c(C3CCNCC3)cccc2cnn1CCc1cn2c(n1)CCCC2. The van der Waals surface area contributed by atoms with E-state index in [4.69, 9.17) is 4.98 Å². The Balaban J connectivity index is 1.44. The van der Waals surface area contributed by atoms with Crippen molar-refractivity contribution in [1.29, 1.82) is 0 Å². The summed E-state index contributed by atoms with van der Waals surface area (Å²) in [6, 6.07) is 6.19. The minimum absolute atomic E-state index is 0.0376. The fourth-order valence-corrected chi connectivity index (χ4v) is 4.70. The number of fused-ring (bicyclic) bond motifs is 2. The summed E-state index contributed by atoms with van der Waals surface area (Å²) in [6.45, 7) is 3.68. The summed E-state index contributed by atoms with van der Waals surface area (Å²) >= 11 is 0. The molecule has 2 aromatic heterocycles. The molecule has 0 unspecified atom stereocenters. The van der Waals surface area contributed by atoms with Crippen LogP contribution in [0.4, 0.5) is 0 Å². The maximum Gasteiger partial charge on any atom is 0.274 e. The van der Waals surface area contributed by atoms with E-state index in [0.717, 1.165) is 61.8 Å². The molecule has 6 heteroatoms. The summed E-state index contributed by atoms with van der Waals surface area (Å²) in [5, 5.41) is 9.67. The van der Waals surface area contributed by atoms with Crippen LogP contribution in [0.15, 0.2) is 35.4 Å². The molecule has 0 amide bonds. The summed E-state index contributed by atoms with van der Waals surface area (Å²) in [6.07, 6.45) is 10.4. The Labute approximate surface area is 164 Å².